The Labute approximate surface area is 111 Å². The van der Waals surface area contributed by atoms with E-state index < -0.39 is 0 Å². The van der Waals surface area contributed by atoms with Gasteiger partial charge in [0.05, 0.1) is 13.7 Å². The summed E-state index contributed by atoms with van der Waals surface area (Å²) < 4.78 is 0. The smallest absolute Gasteiger partial charge is 0.0878 e. The first-order valence-corrected chi connectivity index (χ1v) is 7.05. The fraction of sp³-hybridized carbons (Fsp3) is 0.750. The van der Waals surface area contributed by atoms with Crippen LogP contribution in [-0.4, -0.2) is 13.7 Å². The molecule has 3 unspecified atom stereocenters. The summed E-state index contributed by atoms with van der Waals surface area (Å²) in [5.74, 6) is 0.673. The Bertz CT molecular complexity index is 347. The maximum atomic E-state index is 5.29. The largest absolute Gasteiger partial charge is 0.240 e. The maximum Gasteiger partial charge on any atom is 0.0878 e. The van der Waals surface area contributed by atoms with Gasteiger partial charge < -0.3 is 0 Å². The van der Waals surface area contributed by atoms with Gasteiger partial charge >= 0.3 is 0 Å². The van der Waals surface area contributed by atoms with Crippen LogP contribution in [0, 0.1) is 16.7 Å². The predicted octanol–water partition coefficient (Wildman–Crippen LogP) is 4.28. The third-order valence-corrected chi connectivity index (χ3v) is 5.26. The molecule has 1 fully saturated rings. The molecule has 2 aliphatic rings. The van der Waals surface area contributed by atoms with E-state index >= 15 is 0 Å². The van der Waals surface area contributed by atoms with Gasteiger partial charge in [-0.1, -0.05) is 39.0 Å². The van der Waals surface area contributed by atoms with E-state index in [1.807, 2.05) is 0 Å². The summed E-state index contributed by atoms with van der Waals surface area (Å²) in [6.07, 6.45) is 10.7. The van der Waals surface area contributed by atoms with Gasteiger partial charge in [0, 0.05) is 0 Å². The third kappa shape index (κ3) is 2.17. The molecule has 0 saturated heterocycles. The first kappa shape index (κ1) is 13.8. The maximum absolute atomic E-state index is 5.29. The molecule has 3 atom stereocenters. The Kier molecular flexibility index (Phi) is 3.98. The zero-order chi connectivity index (χ0) is 13.2. The first-order chi connectivity index (χ1) is 8.57. The van der Waals surface area contributed by atoms with Crippen LogP contribution >= 0.6 is 0 Å². The van der Waals surface area contributed by atoms with Crippen molar-refractivity contribution in [3.05, 3.63) is 24.3 Å². The number of hydrogen-bond donors (Lipinski definition) is 0. The quantitative estimate of drug-likeness (QED) is 0.547. The molecule has 2 nitrogen and oxygen atoms in total. The normalized spacial score (nSPS) is 39.9. The Hall–Kier alpha value is -0.600. The van der Waals surface area contributed by atoms with Crippen molar-refractivity contribution in [2.45, 2.75) is 46.0 Å². The van der Waals surface area contributed by atoms with Crippen molar-refractivity contribution in [1.29, 1.82) is 0 Å². The van der Waals surface area contributed by atoms with Crippen LogP contribution < -0.4 is 0 Å². The van der Waals surface area contributed by atoms with E-state index in [-0.39, 0.29) is 10.8 Å². The average Bonchev–Trinajstić information content (AvgIpc) is 2.36. The molecular weight excluding hydrogens is 224 g/mol. The topological polar surface area (TPSA) is 18.5 Å². The van der Waals surface area contributed by atoms with Crippen LogP contribution in [0.4, 0.5) is 0 Å². The van der Waals surface area contributed by atoms with E-state index in [2.05, 4.69) is 32.6 Å². The van der Waals surface area contributed by atoms with Crippen molar-refractivity contribution < 1.29 is 9.78 Å². The summed E-state index contributed by atoms with van der Waals surface area (Å²) in [5, 5.41) is 0. The molecule has 0 aliphatic heterocycles. The van der Waals surface area contributed by atoms with Crippen LogP contribution in [0.25, 0.3) is 0 Å². The van der Waals surface area contributed by atoms with Gasteiger partial charge in [-0.25, -0.2) is 9.78 Å². The summed E-state index contributed by atoms with van der Waals surface area (Å²) in [6.45, 7) is 9.48. The van der Waals surface area contributed by atoms with E-state index in [4.69, 9.17) is 9.78 Å². The van der Waals surface area contributed by atoms with E-state index in [1.165, 1.54) is 37.7 Å². The molecule has 1 saturated carbocycles. The lowest BCUT2D eigenvalue weighted by Gasteiger charge is -2.54. The monoisotopic (exact) mass is 250 g/mol. The second kappa shape index (κ2) is 5.18. The van der Waals surface area contributed by atoms with Crippen LogP contribution in [0.2, 0.25) is 0 Å². The molecule has 0 N–H and O–H groups in total. The van der Waals surface area contributed by atoms with Crippen molar-refractivity contribution in [2.24, 2.45) is 16.7 Å². The average molecular weight is 250 g/mol. The molecule has 0 aromatic heterocycles. The molecule has 2 aliphatic carbocycles. The van der Waals surface area contributed by atoms with Gasteiger partial charge in [-0.05, 0) is 48.0 Å². The van der Waals surface area contributed by atoms with E-state index in [0.717, 1.165) is 0 Å². The predicted molar refractivity (Wildman–Crippen MR) is 74.0 cm³/mol. The van der Waals surface area contributed by atoms with Gasteiger partial charge in [0.1, 0.15) is 0 Å². The molecule has 0 bridgehead atoms. The molecule has 0 aromatic carbocycles. The van der Waals surface area contributed by atoms with Crippen LogP contribution in [0.15, 0.2) is 24.3 Å². The molecule has 18 heavy (non-hydrogen) atoms. The minimum Gasteiger partial charge on any atom is -0.240 e. The van der Waals surface area contributed by atoms with Gasteiger partial charge in [-0.3, -0.25) is 0 Å². The van der Waals surface area contributed by atoms with Crippen LogP contribution in [0.1, 0.15) is 46.0 Å². The highest BCUT2D eigenvalue weighted by Gasteiger charge is 2.50. The van der Waals surface area contributed by atoms with Crippen molar-refractivity contribution in [3.8, 4) is 0 Å². The molecule has 0 aromatic rings. The van der Waals surface area contributed by atoms with Gasteiger partial charge in [0.2, 0.25) is 0 Å². The van der Waals surface area contributed by atoms with Crippen LogP contribution in [-0.2, 0) is 9.78 Å². The summed E-state index contributed by atoms with van der Waals surface area (Å²) >= 11 is 0. The highest BCUT2D eigenvalue weighted by molar-refractivity contribution is 5.30. The number of hydrogen-bond acceptors (Lipinski definition) is 2. The lowest BCUT2D eigenvalue weighted by atomic mass is 9.51. The SMILES string of the molecule is C=CC1=CCCC2C(C)(COOC)CCCC12C. The summed E-state index contributed by atoms with van der Waals surface area (Å²) in [6, 6.07) is 0. The summed E-state index contributed by atoms with van der Waals surface area (Å²) in [5.41, 5.74) is 1.96. The molecular formula is C16H26O2. The van der Waals surface area contributed by atoms with E-state index in [1.54, 1.807) is 7.11 Å². The van der Waals surface area contributed by atoms with E-state index in [0.29, 0.717) is 12.5 Å². The first-order valence-electron chi connectivity index (χ1n) is 7.05. The van der Waals surface area contributed by atoms with Gasteiger partial charge in [0.15, 0.2) is 0 Å². The second-order valence-corrected chi connectivity index (χ2v) is 6.35. The second-order valence-electron chi connectivity index (χ2n) is 6.35. The highest BCUT2D eigenvalue weighted by Crippen LogP contribution is 2.58. The van der Waals surface area contributed by atoms with Gasteiger partial charge in [0.25, 0.3) is 0 Å². The Morgan fingerprint density at radius 1 is 1.44 bits per heavy atom. The standard InChI is InChI=1S/C16H26O2/c1-5-13-8-6-9-14-15(2,12-18-17-4)10-7-11-16(13,14)3/h5,8,14H,1,6-7,9-12H2,2-4H3. The zero-order valence-corrected chi connectivity index (χ0v) is 12.0. The molecule has 0 radical (unpaired) electrons. The van der Waals surface area contributed by atoms with Crippen LogP contribution in [0.5, 0.6) is 0 Å². The Balaban J connectivity index is 2.27. The zero-order valence-electron chi connectivity index (χ0n) is 12.0. The summed E-state index contributed by atoms with van der Waals surface area (Å²) in [4.78, 5) is 10.1. The van der Waals surface area contributed by atoms with Gasteiger partial charge in [-0.2, -0.15) is 0 Å². The molecule has 2 rings (SSSR count). The number of rotatable bonds is 4. The molecule has 2 heteroatoms. The van der Waals surface area contributed by atoms with E-state index in [9.17, 15) is 0 Å². The summed E-state index contributed by atoms with van der Waals surface area (Å²) in [7, 11) is 1.60. The van der Waals surface area contributed by atoms with Crippen molar-refractivity contribution >= 4 is 0 Å². The fourth-order valence-corrected chi connectivity index (χ4v) is 4.31. The highest BCUT2D eigenvalue weighted by atomic mass is 17.2. The molecule has 0 heterocycles. The van der Waals surface area contributed by atoms with Crippen LogP contribution in [0.3, 0.4) is 0 Å². The van der Waals surface area contributed by atoms with Gasteiger partial charge in [-0.15, -0.1) is 0 Å². The van der Waals surface area contributed by atoms with Crippen molar-refractivity contribution in [3.63, 3.8) is 0 Å². The van der Waals surface area contributed by atoms with Crippen molar-refractivity contribution in [1.82, 2.24) is 0 Å². The Morgan fingerprint density at radius 2 is 2.22 bits per heavy atom. The number of allylic oxidation sites excluding steroid dienone is 3. The van der Waals surface area contributed by atoms with Crippen molar-refractivity contribution in [2.75, 3.05) is 13.7 Å². The molecule has 102 valence electrons. The number of fused-ring (bicyclic) bond motifs is 1. The minimum atomic E-state index is 0.228. The lowest BCUT2D eigenvalue weighted by Crippen LogP contribution is -2.48. The minimum absolute atomic E-state index is 0.228. The fourth-order valence-electron chi connectivity index (χ4n) is 4.31. The molecule has 0 spiro atoms. The lowest BCUT2D eigenvalue weighted by molar-refractivity contribution is -0.297. The third-order valence-electron chi connectivity index (χ3n) is 5.26. The Morgan fingerprint density at radius 3 is 2.89 bits per heavy atom. The molecule has 0 amide bonds.